The third-order valence-corrected chi connectivity index (χ3v) is 4.89. The number of rotatable bonds is 4. The number of hydrogen-bond donors (Lipinski definition) is 2. The molecular formula is C17H16F2N4O2S. The first-order valence-corrected chi connectivity index (χ1v) is 8.51. The van der Waals surface area contributed by atoms with Crippen LogP contribution < -0.4 is 10.9 Å². The number of aromatic nitrogens is 2. The van der Waals surface area contributed by atoms with Crippen LogP contribution in [0.1, 0.15) is 21.1 Å². The number of hydrogen-bond acceptors (Lipinski definition) is 5. The van der Waals surface area contributed by atoms with E-state index in [-0.39, 0.29) is 16.1 Å². The van der Waals surface area contributed by atoms with Crippen LogP contribution in [-0.2, 0) is 6.54 Å². The highest BCUT2D eigenvalue weighted by Gasteiger charge is 2.20. The highest BCUT2D eigenvalue weighted by molar-refractivity contribution is 7.20. The predicted molar refractivity (Wildman–Crippen MR) is 96.7 cm³/mol. The van der Waals surface area contributed by atoms with E-state index >= 15 is 0 Å². The molecule has 0 aliphatic heterocycles. The molecule has 9 heteroatoms. The maximum atomic E-state index is 13.7. The minimum Gasteiger partial charge on any atom is -0.319 e. The Morgan fingerprint density at radius 1 is 1.35 bits per heavy atom. The van der Waals surface area contributed by atoms with Gasteiger partial charge in [0.05, 0.1) is 22.5 Å². The molecule has 0 unspecified atom stereocenters. The van der Waals surface area contributed by atoms with Crippen molar-refractivity contribution in [3.8, 4) is 0 Å². The molecule has 0 aliphatic carbocycles. The smallest absolute Gasteiger partial charge is 0.266 e. The Kier molecular flexibility index (Phi) is 4.84. The number of aryl methyl sites for hydroxylation is 1. The van der Waals surface area contributed by atoms with Gasteiger partial charge in [-0.25, -0.2) is 13.8 Å². The molecule has 2 N–H and O–H groups in total. The van der Waals surface area contributed by atoms with Crippen LogP contribution in [0.2, 0.25) is 0 Å². The Balaban J connectivity index is 1.99. The van der Waals surface area contributed by atoms with Crippen LogP contribution in [0.4, 0.5) is 14.5 Å². The van der Waals surface area contributed by atoms with E-state index in [9.17, 15) is 18.4 Å². The topological polar surface area (TPSA) is 78.1 Å². The van der Waals surface area contributed by atoms with Crippen molar-refractivity contribution in [1.29, 1.82) is 0 Å². The Hall–Kier alpha value is -2.65. The molecule has 0 saturated carbocycles. The summed E-state index contributed by atoms with van der Waals surface area (Å²) in [6.07, 6.45) is 0. The lowest BCUT2D eigenvalue weighted by molar-refractivity contribution is 0.102. The Labute approximate surface area is 151 Å². The lowest BCUT2D eigenvalue weighted by Crippen LogP contribution is -2.18. The first kappa shape index (κ1) is 18.2. The van der Waals surface area contributed by atoms with Crippen molar-refractivity contribution in [1.82, 2.24) is 14.9 Å². The standard InChI is InChI=1S/C17H16F2N4O2S/c1-8-13-15(24)21-12(7-23(2)3)22-17(13)26-14(8)16(25)20-11-5-4-9(18)6-10(11)19/h4-6H,7H2,1-3H3,(H,20,25)(H,21,22,24). The van der Waals surface area contributed by atoms with Crippen LogP contribution in [0.25, 0.3) is 10.2 Å². The first-order valence-electron chi connectivity index (χ1n) is 7.69. The summed E-state index contributed by atoms with van der Waals surface area (Å²) in [6, 6.07) is 2.88. The quantitative estimate of drug-likeness (QED) is 0.732. The molecule has 2 heterocycles. The Bertz CT molecular complexity index is 1060. The molecule has 0 radical (unpaired) electrons. The van der Waals surface area contributed by atoms with Gasteiger partial charge in [0, 0.05) is 6.07 Å². The number of carbonyl (C=O) groups is 1. The summed E-state index contributed by atoms with van der Waals surface area (Å²) < 4.78 is 26.7. The fourth-order valence-electron chi connectivity index (χ4n) is 2.55. The summed E-state index contributed by atoms with van der Waals surface area (Å²) in [4.78, 5) is 34.5. The molecule has 0 fully saturated rings. The number of nitrogens with zero attached hydrogens (tertiary/aromatic N) is 2. The highest BCUT2D eigenvalue weighted by atomic mass is 32.1. The van der Waals surface area contributed by atoms with Crippen LogP contribution in [0.15, 0.2) is 23.0 Å². The van der Waals surface area contributed by atoms with Crippen molar-refractivity contribution in [3.05, 3.63) is 56.5 Å². The van der Waals surface area contributed by atoms with E-state index in [0.29, 0.717) is 34.2 Å². The van der Waals surface area contributed by atoms with Gasteiger partial charge in [0.2, 0.25) is 0 Å². The summed E-state index contributed by atoms with van der Waals surface area (Å²) in [6.45, 7) is 2.09. The molecule has 0 atom stereocenters. The fraction of sp³-hybridized carbons (Fsp3) is 0.235. The molecule has 3 aromatic rings. The van der Waals surface area contributed by atoms with Gasteiger partial charge in [0.15, 0.2) is 0 Å². The molecule has 2 aromatic heterocycles. The largest absolute Gasteiger partial charge is 0.319 e. The second-order valence-electron chi connectivity index (χ2n) is 6.07. The zero-order valence-corrected chi connectivity index (χ0v) is 15.1. The van der Waals surface area contributed by atoms with Gasteiger partial charge >= 0.3 is 0 Å². The summed E-state index contributed by atoms with van der Waals surface area (Å²) in [5.74, 6) is -1.70. The SMILES string of the molecule is Cc1c(C(=O)Nc2ccc(F)cc2F)sc2nc(CN(C)C)[nH]c(=O)c12. The molecule has 1 aromatic carbocycles. The zero-order chi connectivity index (χ0) is 19.0. The molecule has 0 saturated heterocycles. The highest BCUT2D eigenvalue weighted by Crippen LogP contribution is 2.28. The second-order valence-corrected chi connectivity index (χ2v) is 7.06. The van der Waals surface area contributed by atoms with E-state index in [1.165, 1.54) is 0 Å². The van der Waals surface area contributed by atoms with Crippen molar-refractivity contribution < 1.29 is 13.6 Å². The van der Waals surface area contributed by atoms with E-state index in [0.717, 1.165) is 23.5 Å². The number of anilines is 1. The van der Waals surface area contributed by atoms with Crippen LogP contribution in [-0.4, -0.2) is 34.9 Å². The van der Waals surface area contributed by atoms with Crippen LogP contribution in [0.5, 0.6) is 0 Å². The van der Waals surface area contributed by atoms with E-state index in [4.69, 9.17) is 0 Å². The van der Waals surface area contributed by atoms with Gasteiger partial charge in [-0.05, 0) is 38.7 Å². The minimum absolute atomic E-state index is 0.136. The number of halogens is 2. The Morgan fingerprint density at radius 3 is 2.73 bits per heavy atom. The van der Waals surface area contributed by atoms with Crippen molar-refractivity contribution >= 4 is 33.1 Å². The molecule has 26 heavy (non-hydrogen) atoms. The number of fused-ring (bicyclic) bond motifs is 1. The molecule has 0 aliphatic rings. The normalized spacial score (nSPS) is 11.3. The van der Waals surface area contributed by atoms with Gasteiger partial charge < -0.3 is 15.2 Å². The number of benzene rings is 1. The Morgan fingerprint density at radius 2 is 2.08 bits per heavy atom. The van der Waals surface area contributed by atoms with Crippen molar-refractivity contribution in [2.24, 2.45) is 0 Å². The summed E-state index contributed by atoms with van der Waals surface area (Å²) in [5.41, 5.74) is 0.00575. The second kappa shape index (κ2) is 6.93. The lowest BCUT2D eigenvalue weighted by atomic mass is 10.2. The number of H-pyrrole nitrogens is 1. The molecule has 136 valence electrons. The van der Waals surface area contributed by atoms with Gasteiger partial charge in [-0.1, -0.05) is 0 Å². The number of amides is 1. The molecule has 0 bridgehead atoms. The minimum atomic E-state index is -0.874. The van der Waals surface area contributed by atoms with E-state index in [2.05, 4.69) is 15.3 Å². The average molecular weight is 378 g/mol. The molecular weight excluding hydrogens is 362 g/mol. The number of aromatic amines is 1. The zero-order valence-electron chi connectivity index (χ0n) is 14.3. The summed E-state index contributed by atoms with van der Waals surface area (Å²) in [7, 11) is 3.69. The predicted octanol–water partition coefficient (Wildman–Crippen LogP) is 2.89. The third-order valence-electron chi connectivity index (χ3n) is 3.70. The molecule has 6 nitrogen and oxygen atoms in total. The lowest BCUT2D eigenvalue weighted by Gasteiger charge is -2.07. The van der Waals surface area contributed by atoms with Gasteiger partial charge in [-0.3, -0.25) is 9.59 Å². The average Bonchev–Trinajstić information content (AvgIpc) is 2.86. The van der Waals surface area contributed by atoms with Crippen LogP contribution in [0.3, 0.4) is 0 Å². The van der Waals surface area contributed by atoms with E-state index in [1.807, 2.05) is 19.0 Å². The molecule has 0 spiro atoms. The third kappa shape index (κ3) is 3.49. The summed E-state index contributed by atoms with van der Waals surface area (Å²) in [5, 5.41) is 2.74. The maximum Gasteiger partial charge on any atom is 0.266 e. The van der Waals surface area contributed by atoms with Crippen molar-refractivity contribution in [2.45, 2.75) is 13.5 Å². The van der Waals surface area contributed by atoms with Crippen LogP contribution in [0, 0.1) is 18.6 Å². The van der Waals surface area contributed by atoms with Crippen LogP contribution >= 0.6 is 11.3 Å². The number of thiophene rings is 1. The molecule has 1 amide bonds. The first-order chi connectivity index (χ1) is 12.3. The van der Waals surface area contributed by atoms with E-state index in [1.54, 1.807) is 6.92 Å². The number of carbonyl (C=O) groups excluding carboxylic acids is 1. The van der Waals surface area contributed by atoms with Crippen molar-refractivity contribution in [3.63, 3.8) is 0 Å². The van der Waals surface area contributed by atoms with Gasteiger partial charge in [-0.15, -0.1) is 11.3 Å². The van der Waals surface area contributed by atoms with Gasteiger partial charge in [0.25, 0.3) is 11.5 Å². The number of nitrogens with one attached hydrogen (secondary N) is 2. The van der Waals surface area contributed by atoms with Crippen molar-refractivity contribution in [2.75, 3.05) is 19.4 Å². The summed E-state index contributed by atoms with van der Waals surface area (Å²) >= 11 is 1.06. The monoisotopic (exact) mass is 378 g/mol. The fourth-order valence-corrected chi connectivity index (χ4v) is 3.65. The maximum absolute atomic E-state index is 13.7. The van der Waals surface area contributed by atoms with E-state index < -0.39 is 17.5 Å². The van der Waals surface area contributed by atoms with Gasteiger partial charge in [0.1, 0.15) is 22.3 Å². The molecule has 3 rings (SSSR count). The van der Waals surface area contributed by atoms with Gasteiger partial charge in [-0.2, -0.15) is 0 Å².